The Balaban J connectivity index is 1.80. The molecule has 124 valence electrons. The number of nitrogens with zero attached hydrogens (tertiary/aromatic N) is 1. The van der Waals surface area contributed by atoms with Gasteiger partial charge in [-0.1, -0.05) is 36.4 Å². The van der Waals surface area contributed by atoms with E-state index in [9.17, 15) is 9.50 Å². The Hall–Kier alpha value is -3.14. The number of hydrogen-bond acceptors (Lipinski definition) is 3. The van der Waals surface area contributed by atoms with Crippen LogP contribution in [-0.4, -0.2) is 10.8 Å². The van der Waals surface area contributed by atoms with Gasteiger partial charge >= 0.3 is 0 Å². The number of para-hydroxylation sites is 2. The predicted octanol–water partition coefficient (Wildman–Crippen LogP) is 5.21. The van der Waals surface area contributed by atoms with Crippen LogP contribution in [0.25, 0.3) is 0 Å². The second kappa shape index (κ2) is 6.40. The molecule has 0 radical (unpaired) electrons. The molecule has 1 atom stereocenters. The maximum atomic E-state index is 13.3. The quantitative estimate of drug-likeness (QED) is 0.677. The lowest BCUT2D eigenvalue weighted by Gasteiger charge is -2.19. The number of aromatic hydroxyl groups is 1. The smallest absolute Gasteiger partial charge is 0.123 e. The number of benzene rings is 3. The van der Waals surface area contributed by atoms with Crippen molar-refractivity contribution in [3.8, 4) is 5.75 Å². The van der Waals surface area contributed by atoms with Gasteiger partial charge in [0, 0.05) is 6.42 Å². The third kappa shape index (κ3) is 3.24. The van der Waals surface area contributed by atoms with Crippen molar-refractivity contribution in [1.82, 2.24) is 0 Å². The number of nitrogens with one attached hydrogen (secondary N) is 1. The number of aliphatic imine (C=N–C) groups is 1. The molecule has 3 aromatic carbocycles. The zero-order valence-electron chi connectivity index (χ0n) is 13.5. The van der Waals surface area contributed by atoms with Gasteiger partial charge in [0.2, 0.25) is 0 Å². The first-order valence-electron chi connectivity index (χ1n) is 8.17. The average Bonchev–Trinajstić information content (AvgIpc) is 2.82. The minimum absolute atomic E-state index is 0.0421. The van der Waals surface area contributed by atoms with E-state index in [1.54, 1.807) is 24.3 Å². The van der Waals surface area contributed by atoms with E-state index in [1.165, 1.54) is 12.1 Å². The van der Waals surface area contributed by atoms with Crippen molar-refractivity contribution in [2.45, 2.75) is 12.5 Å². The van der Waals surface area contributed by atoms with Crippen molar-refractivity contribution in [3.05, 3.63) is 89.7 Å². The zero-order chi connectivity index (χ0) is 17.2. The zero-order valence-corrected chi connectivity index (χ0v) is 13.5. The Labute approximate surface area is 145 Å². The van der Waals surface area contributed by atoms with Crippen LogP contribution in [0.1, 0.15) is 23.6 Å². The fourth-order valence-corrected chi connectivity index (χ4v) is 3.08. The van der Waals surface area contributed by atoms with Crippen molar-refractivity contribution in [3.63, 3.8) is 0 Å². The van der Waals surface area contributed by atoms with Crippen LogP contribution in [0.3, 0.4) is 0 Å². The molecule has 4 heteroatoms. The molecule has 1 heterocycles. The summed E-state index contributed by atoms with van der Waals surface area (Å²) in [5.74, 6) is -0.0295. The summed E-state index contributed by atoms with van der Waals surface area (Å²) in [5, 5.41) is 13.3. The molecule has 4 rings (SSSR count). The van der Waals surface area contributed by atoms with E-state index in [4.69, 9.17) is 4.99 Å². The summed E-state index contributed by atoms with van der Waals surface area (Å²) in [6, 6.07) is 21.4. The summed E-state index contributed by atoms with van der Waals surface area (Å²) in [4.78, 5) is 4.81. The molecule has 0 saturated heterocycles. The van der Waals surface area contributed by atoms with Gasteiger partial charge in [-0.25, -0.2) is 4.39 Å². The predicted molar refractivity (Wildman–Crippen MR) is 98.1 cm³/mol. The second-order valence-electron chi connectivity index (χ2n) is 6.08. The van der Waals surface area contributed by atoms with Crippen LogP contribution in [0.2, 0.25) is 0 Å². The van der Waals surface area contributed by atoms with Crippen LogP contribution in [0.15, 0.2) is 77.8 Å². The molecule has 0 spiro atoms. The molecule has 0 aromatic heterocycles. The van der Waals surface area contributed by atoms with E-state index < -0.39 is 0 Å². The number of rotatable bonds is 2. The Morgan fingerprint density at radius 3 is 2.56 bits per heavy atom. The minimum atomic E-state index is -0.263. The van der Waals surface area contributed by atoms with E-state index in [-0.39, 0.29) is 17.6 Å². The van der Waals surface area contributed by atoms with Crippen LogP contribution < -0.4 is 5.32 Å². The van der Waals surface area contributed by atoms with Crippen LogP contribution in [0.5, 0.6) is 5.75 Å². The van der Waals surface area contributed by atoms with Crippen molar-refractivity contribution in [2.75, 3.05) is 5.32 Å². The van der Waals surface area contributed by atoms with Crippen LogP contribution in [0.4, 0.5) is 15.8 Å². The van der Waals surface area contributed by atoms with E-state index in [0.29, 0.717) is 6.42 Å². The summed E-state index contributed by atoms with van der Waals surface area (Å²) >= 11 is 0. The van der Waals surface area contributed by atoms with Gasteiger partial charge in [0.1, 0.15) is 11.6 Å². The van der Waals surface area contributed by atoms with Crippen LogP contribution in [-0.2, 0) is 0 Å². The van der Waals surface area contributed by atoms with E-state index >= 15 is 0 Å². The van der Waals surface area contributed by atoms with E-state index in [2.05, 4.69) is 5.32 Å². The standard InChI is InChI=1S/C21H17FN2O/c22-16-10-8-14(9-11-16)20-13-21(15-4-3-5-17(25)12-15)24-19-7-2-1-6-18(19)23-20/h1-12,21,24-25H,13H2. The van der Waals surface area contributed by atoms with Gasteiger partial charge < -0.3 is 10.4 Å². The molecular formula is C21H17FN2O. The molecule has 0 fully saturated rings. The normalized spacial score (nSPS) is 16.4. The molecule has 0 bridgehead atoms. The average molecular weight is 332 g/mol. The molecule has 3 aromatic rings. The first-order valence-corrected chi connectivity index (χ1v) is 8.17. The van der Waals surface area contributed by atoms with Crippen molar-refractivity contribution >= 4 is 17.1 Å². The fourth-order valence-electron chi connectivity index (χ4n) is 3.08. The molecule has 3 nitrogen and oxygen atoms in total. The highest BCUT2D eigenvalue weighted by Crippen LogP contribution is 2.35. The van der Waals surface area contributed by atoms with Gasteiger partial charge in [-0.3, -0.25) is 4.99 Å². The first-order chi connectivity index (χ1) is 12.2. The first kappa shape index (κ1) is 15.4. The molecule has 0 amide bonds. The summed E-state index contributed by atoms with van der Waals surface area (Å²) in [6.45, 7) is 0. The van der Waals surface area contributed by atoms with Crippen LogP contribution in [0, 0.1) is 5.82 Å². The van der Waals surface area contributed by atoms with Crippen molar-refractivity contribution in [1.29, 1.82) is 0 Å². The largest absolute Gasteiger partial charge is 0.508 e. The number of hydrogen-bond donors (Lipinski definition) is 2. The highest BCUT2D eigenvalue weighted by molar-refractivity contribution is 6.04. The summed E-state index contributed by atoms with van der Waals surface area (Å²) < 4.78 is 13.3. The number of fused-ring (bicyclic) bond motifs is 1. The Bertz CT molecular complexity index is 935. The molecule has 0 saturated carbocycles. The maximum absolute atomic E-state index is 13.3. The molecule has 25 heavy (non-hydrogen) atoms. The molecular weight excluding hydrogens is 315 g/mol. The third-order valence-corrected chi connectivity index (χ3v) is 4.34. The minimum Gasteiger partial charge on any atom is -0.508 e. The number of phenolic OH excluding ortho intramolecular Hbond substituents is 1. The number of halogens is 1. The van der Waals surface area contributed by atoms with E-state index in [1.807, 2.05) is 36.4 Å². The number of anilines is 1. The molecule has 1 aliphatic rings. The SMILES string of the molecule is Oc1cccc(C2CC(c3ccc(F)cc3)=Nc3ccccc3N2)c1. The third-order valence-electron chi connectivity index (χ3n) is 4.34. The monoisotopic (exact) mass is 332 g/mol. The van der Waals surface area contributed by atoms with Gasteiger partial charge in [0.25, 0.3) is 0 Å². The van der Waals surface area contributed by atoms with Crippen molar-refractivity contribution in [2.24, 2.45) is 4.99 Å². The second-order valence-corrected chi connectivity index (χ2v) is 6.08. The Morgan fingerprint density at radius 1 is 0.960 bits per heavy atom. The Kier molecular flexibility index (Phi) is 3.94. The fraction of sp³-hybridized carbons (Fsp3) is 0.0952. The van der Waals surface area contributed by atoms with Gasteiger partial charge in [0.05, 0.1) is 23.1 Å². The van der Waals surface area contributed by atoms with E-state index in [0.717, 1.165) is 28.2 Å². The molecule has 1 aliphatic heterocycles. The molecule has 2 N–H and O–H groups in total. The highest BCUT2D eigenvalue weighted by Gasteiger charge is 2.21. The highest BCUT2D eigenvalue weighted by atomic mass is 19.1. The summed E-state index contributed by atoms with van der Waals surface area (Å²) in [5.41, 5.74) is 4.54. The van der Waals surface area contributed by atoms with Gasteiger partial charge in [-0.15, -0.1) is 0 Å². The summed E-state index contributed by atoms with van der Waals surface area (Å²) in [6.07, 6.45) is 0.629. The summed E-state index contributed by atoms with van der Waals surface area (Å²) in [7, 11) is 0. The lowest BCUT2D eigenvalue weighted by molar-refractivity contribution is 0.474. The molecule has 0 aliphatic carbocycles. The van der Waals surface area contributed by atoms with Crippen molar-refractivity contribution < 1.29 is 9.50 Å². The Morgan fingerprint density at radius 2 is 1.76 bits per heavy atom. The van der Waals surface area contributed by atoms with Gasteiger partial charge in [0.15, 0.2) is 0 Å². The number of phenols is 1. The van der Waals surface area contributed by atoms with Gasteiger partial charge in [-0.05, 0) is 47.5 Å². The lowest BCUT2D eigenvalue weighted by atomic mass is 9.97. The molecule has 1 unspecified atom stereocenters. The van der Waals surface area contributed by atoms with Gasteiger partial charge in [-0.2, -0.15) is 0 Å². The van der Waals surface area contributed by atoms with Crippen LogP contribution >= 0.6 is 0 Å². The lowest BCUT2D eigenvalue weighted by Crippen LogP contribution is -2.14. The maximum Gasteiger partial charge on any atom is 0.123 e. The topological polar surface area (TPSA) is 44.6 Å².